The molecule has 3 amide bonds. The normalized spacial score (nSPS) is 11.2. The quantitative estimate of drug-likeness (QED) is 0.212. The van der Waals surface area contributed by atoms with E-state index in [0.29, 0.717) is 23.1 Å². The third-order valence-electron chi connectivity index (χ3n) is 6.44. The zero-order valence-corrected chi connectivity index (χ0v) is 24.2. The minimum absolute atomic E-state index is 0.0570. The second kappa shape index (κ2) is 11.8. The first-order valence-electron chi connectivity index (χ1n) is 13.3. The van der Waals surface area contributed by atoms with Crippen molar-refractivity contribution < 1.29 is 23.5 Å². The van der Waals surface area contributed by atoms with E-state index in [1.54, 1.807) is 30.0 Å². The first-order chi connectivity index (χ1) is 20.5. The molecule has 0 aliphatic carbocycles. The molecule has 3 N–H and O–H groups in total. The first kappa shape index (κ1) is 29.0. The monoisotopic (exact) mass is 583 g/mol. The second-order valence-electron chi connectivity index (χ2n) is 10.6. The van der Waals surface area contributed by atoms with Crippen molar-refractivity contribution in [2.24, 2.45) is 0 Å². The third kappa shape index (κ3) is 6.53. The van der Waals surface area contributed by atoms with E-state index in [0.717, 1.165) is 22.7 Å². The van der Waals surface area contributed by atoms with Crippen LogP contribution in [-0.4, -0.2) is 45.8 Å². The van der Waals surface area contributed by atoms with Crippen LogP contribution in [0, 0.1) is 5.82 Å². The van der Waals surface area contributed by atoms with Gasteiger partial charge in [-0.1, -0.05) is 20.8 Å². The summed E-state index contributed by atoms with van der Waals surface area (Å²) < 4.78 is 27.5. The maximum absolute atomic E-state index is 15.0. The molecule has 0 saturated heterocycles. The Morgan fingerprint density at radius 2 is 1.72 bits per heavy atom. The second-order valence-corrected chi connectivity index (χ2v) is 10.6. The zero-order valence-electron chi connectivity index (χ0n) is 24.2. The highest BCUT2D eigenvalue weighted by Gasteiger charge is 2.22. The van der Waals surface area contributed by atoms with Gasteiger partial charge in [0.1, 0.15) is 28.8 Å². The number of nitrogens with zero attached hydrogens (tertiary/aromatic N) is 4. The summed E-state index contributed by atoms with van der Waals surface area (Å²) in [5, 5.41) is 13.4. The summed E-state index contributed by atoms with van der Waals surface area (Å²) in [6.07, 6.45) is 1.41. The lowest BCUT2D eigenvalue weighted by atomic mass is 9.92. The van der Waals surface area contributed by atoms with Gasteiger partial charge in [-0.05, 0) is 42.5 Å². The molecule has 5 aromatic rings. The van der Waals surface area contributed by atoms with Gasteiger partial charge in [0, 0.05) is 48.3 Å². The summed E-state index contributed by atoms with van der Waals surface area (Å²) in [5.41, 5.74) is 2.00. The lowest BCUT2D eigenvalue weighted by molar-refractivity contribution is 0.0957. The molecular weight excluding hydrogens is 553 g/mol. The Balaban J connectivity index is 1.35. The van der Waals surface area contributed by atoms with Crippen molar-refractivity contribution in [1.29, 1.82) is 0 Å². The van der Waals surface area contributed by atoms with Crippen LogP contribution in [0.2, 0.25) is 0 Å². The maximum atomic E-state index is 15.0. The van der Waals surface area contributed by atoms with Crippen LogP contribution in [0.25, 0.3) is 16.6 Å². The molecule has 220 valence electrons. The number of halogens is 1. The van der Waals surface area contributed by atoms with E-state index in [-0.39, 0.29) is 28.5 Å². The van der Waals surface area contributed by atoms with Crippen LogP contribution in [0.15, 0.2) is 72.9 Å². The van der Waals surface area contributed by atoms with Crippen LogP contribution in [0.5, 0.6) is 17.4 Å². The van der Waals surface area contributed by atoms with Crippen LogP contribution in [0.3, 0.4) is 0 Å². The molecule has 0 unspecified atom stereocenters. The Hall–Kier alpha value is -5.52. The van der Waals surface area contributed by atoms with Gasteiger partial charge in [-0.3, -0.25) is 15.1 Å². The average Bonchev–Trinajstić information content (AvgIpc) is 3.42. The minimum Gasteiger partial charge on any atom is -0.481 e. The number of aromatic nitrogens is 4. The van der Waals surface area contributed by atoms with E-state index in [1.165, 1.54) is 31.4 Å². The van der Waals surface area contributed by atoms with Gasteiger partial charge in [0.15, 0.2) is 0 Å². The van der Waals surface area contributed by atoms with Gasteiger partial charge in [-0.15, -0.1) is 0 Å². The fraction of sp³-hybridized carbons (Fsp3) is 0.194. The van der Waals surface area contributed by atoms with Crippen molar-refractivity contribution in [1.82, 2.24) is 25.1 Å². The average molecular weight is 584 g/mol. The highest BCUT2D eigenvalue weighted by Crippen LogP contribution is 2.29. The van der Waals surface area contributed by atoms with E-state index >= 15 is 0 Å². The van der Waals surface area contributed by atoms with Crippen LogP contribution in [-0.2, 0) is 5.41 Å². The minimum atomic E-state index is -0.713. The fourth-order valence-corrected chi connectivity index (χ4v) is 4.17. The maximum Gasteiger partial charge on any atom is 0.324 e. The molecular formula is C31H30FN7O4. The fourth-order valence-electron chi connectivity index (χ4n) is 4.17. The first-order valence-corrected chi connectivity index (χ1v) is 13.3. The number of anilines is 2. The molecule has 2 aromatic carbocycles. The van der Waals surface area contributed by atoms with E-state index in [1.807, 2.05) is 45.0 Å². The number of methoxy groups -OCH3 is 1. The van der Waals surface area contributed by atoms with E-state index in [2.05, 4.69) is 25.9 Å². The molecule has 43 heavy (non-hydrogen) atoms. The van der Waals surface area contributed by atoms with Crippen molar-refractivity contribution in [3.8, 4) is 23.1 Å². The molecule has 0 aliphatic rings. The summed E-state index contributed by atoms with van der Waals surface area (Å²) in [4.78, 5) is 33.3. The van der Waals surface area contributed by atoms with Crippen molar-refractivity contribution in [2.75, 3.05) is 24.8 Å². The number of pyridine rings is 2. The van der Waals surface area contributed by atoms with Crippen molar-refractivity contribution in [3.63, 3.8) is 0 Å². The van der Waals surface area contributed by atoms with Gasteiger partial charge in [0.05, 0.1) is 29.7 Å². The van der Waals surface area contributed by atoms with Crippen LogP contribution in [0.4, 0.5) is 20.7 Å². The molecule has 0 atom stereocenters. The SMILES string of the molecule is CNC(=O)c1cc(Oc2ccc(NC(=O)Nc3cc(C(C)(C)C)nn3-c3ccc4nc(OC)ccc4c3)c(F)c2)ccn1. The molecule has 0 spiro atoms. The van der Waals surface area contributed by atoms with E-state index < -0.39 is 11.8 Å². The van der Waals surface area contributed by atoms with Crippen molar-refractivity contribution in [3.05, 3.63) is 90.1 Å². The number of hydrogen-bond acceptors (Lipinski definition) is 7. The Morgan fingerprint density at radius 1 is 0.930 bits per heavy atom. The van der Waals surface area contributed by atoms with Gasteiger partial charge in [0.2, 0.25) is 5.88 Å². The topological polar surface area (TPSA) is 132 Å². The molecule has 0 saturated carbocycles. The number of rotatable bonds is 7. The molecule has 0 aliphatic heterocycles. The molecule has 5 rings (SSSR count). The summed E-state index contributed by atoms with van der Waals surface area (Å²) in [5.74, 6) is 0.291. The van der Waals surface area contributed by atoms with Gasteiger partial charge in [-0.2, -0.15) is 5.10 Å². The molecule has 12 heteroatoms. The number of benzene rings is 2. The number of hydrogen-bond donors (Lipinski definition) is 3. The molecule has 11 nitrogen and oxygen atoms in total. The Bertz CT molecular complexity index is 1830. The number of carbonyl (C=O) groups excluding carboxylic acids is 2. The van der Waals surface area contributed by atoms with E-state index in [4.69, 9.17) is 14.6 Å². The smallest absolute Gasteiger partial charge is 0.324 e. The van der Waals surface area contributed by atoms with Gasteiger partial charge in [-0.25, -0.2) is 18.9 Å². The molecule has 0 bridgehead atoms. The summed E-state index contributed by atoms with van der Waals surface area (Å²) in [6.45, 7) is 6.05. The Morgan fingerprint density at radius 3 is 2.44 bits per heavy atom. The van der Waals surface area contributed by atoms with Crippen molar-refractivity contribution in [2.45, 2.75) is 26.2 Å². The Labute approximate surface area is 247 Å². The molecule has 3 heterocycles. The lowest BCUT2D eigenvalue weighted by Crippen LogP contribution is -2.22. The van der Waals surface area contributed by atoms with Crippen LogP contribution in [0.1, 0.15) is 37.0 Å². The zero-order chi connectivity index (χ0) is 30.7. The predicted molar refractivity (Wildman–Crippen MR) is 161 cm³/mol. The van der Waals surface area contributed by atoms with Gasteiger partial charge < -0.3 is 20.1 Å². The summed E-state index contributed by atoms with van der Waals surface area (Å²) >= 11 is 0. The van der Waals surface area contributed by atoms with Crippen LogP contribution >= 0.6 is 0 Å². The largest absolute Gasteiger partial charge is 0.481 e. The number of nitrogens with one attached hydrogen (secondary N) is 3. The van der Waals surface area contributed by atoms with E-state index in [9.17, 15) is 14.0 Å². The Kier molecular flexibility index (Phi) is 7.93. The van der Waals surface area contributed by atoms with Crippen molar-refractivity contribution >= 4 is 34.3 Å². The third-order valence-corrected chi connectivity index (χ3v) is 6.44. The van der Waals surface area contributed by atoms with Gasteiger partial charge in [0.25, 0.3) is 5.91 Å². The number of fused-ring (bicyclic) bond motifs is 1. The van der Waals surface area contributed by atoms with Gasteiger partial charge >= 0.3 is 6.03 Å². The van der Waals surface area contributed by atoms with Crippen LogP contribution < -0.4 is 25.4 Å². The summed E-state index contributed by atoms with van der Waals surface area (Å²) in [6, 6.07) is 17.4. The number of ether oxygens (including phenoxy) is 2. The summed E-state index contributed by atoms with van der Waals surface area (Å²) in [7, 11) is 3.05. The molecule has 3 aromatic heterocycles. The number of carbonyl (C=O) groups is 2. The predicted octanol–water partition coefficient (Wildman–Crippen LogP) is 6.06. The highest BCUT2D eigenvalue weighted by molar-refractivity contribution is 5.99. The molecule has 0 radical (unpaired) electrons. The highest BCUT2D eigenvalue weighted by atomic mass is 19.1. The number of amides is 3. The number of urea groups is 1. The molecule has 0 fully saturated rings. The lowest BCUT2D eigenvalue weighted by Gasteiger charge is -2.14. The standard InChI is InChI=1S/C31H30FN7O4/c1-31(2,3)26-17-27(39(38-26)19-7-9-23-18(14-19)6-11-28(35-23)42-5)37-30(41)36-24-10-8-20(15-22(24)32)43-21-12-13-34-25(16-21)29(40)33-4/h6-17H,1-5H3,(H,33,40)(H2,36,37,41).